The number of non-ortho nitro benzene ring substituents is 1. The largest absolute Gasteiger partial charge is 0.316 e. The van der Waals surface area contributed by atoms with Crippen molar-refractivity contribution in [3.8, 4) is 0 Å². The SMILES string of the molecule is O=[N+]([O-])c1ccc(F)c(C2CCCNC2)c1. The van der Waals surface area contributed by atoms with E-state index < -0.39 is 4.92 Å². The van der Waals surface area contributed by atoms with Crippen molar-refractivity contribution in [2.75, 3.05) is 13.1 Å². The second-order valence-corrected chi connectivity index (χ2v) is 4.01. The number of piperidine rings is 1. The number of rotatable bonds is 2. The first kappa shape index (κ1) is 11.0. The summed E-state index contributed by atoms with van der Waals surface area (Å²) < 4.78 is 13.6. The molecule has 86 valence electrons. The zero-order valence-corrected chi connectivity index (χ0v) is 8.78. The zero-order chi connectivity index (χ0) is 11.5. The molecule has 0 aliphatic carbocycles. The predicted octanol–water partition coefficient (Wildman–Crippen LogP) is 2.20. The summed E-state index contributed by atoms with van der Waals surface area (Å²) in [5, 5.41) is 13.8. The summed E-state index contributed by atoms with van der Waals surface area (Å²) in [7, 11) is 0. The van der Waals surface area contributed by atoms with E-state index in [4.69, 9.17) is 0 Å². The van der Waals surface area contributed by atoms with E-state index in [2.05, 4.69) is 5.32 Å². The Bertz CT molecular complexity index is 403. The third kappa shape index (κ3) is 2.19. The molecule has 1 aliphatic heterocycles. The lowest BCUT2D eigenvalue weighted by Crippen LogP contribution is -2.28. The number of nitro groups is 1. The van der Waals surface area contributed by atoms with E-state index in [-0.39, 0.29) is 17.4 Å². The lowest BCUT2D eigenvalue weighted by molar-refractivity contribution is -0.385. The molecule has 1 fully saturated rings. The summed E-state index contributed by atoms with van der Waals surface area (Å²) in [4.78, 5) is 10.1. The number of hydrogen-bond acceptors (Lipinski definition) is 3. The van der Waals surface area contributed by atoms with E-state index in [0.717, 1.165) is 19.4 Å². The molecule has 16 heavy (non-hydrogen) atoms. The van der Waals surface area contributed by atoms with Crippen molar-refractivity contribution in [2.45, 2.75) is 18.8 Å². The van der Waals surface area contributed by atoms with Crippen LogP contribution in [-0.2, 0) is 0 Å². The standard InChI is InChI=1S/C11H13FN2O2/c12-11-4-3-9(14(15)16)6-10(11)8-2-1-5-13-7-8/h3-4,6,8,13H,1-2,5,7H2. The van der Waals surface area contributed by atoms with Crippen LogP contribution >= 0.6 is 0 Å². The lowest BCUT2D eigenvalue weighted by atomic mass is 9.91. The van der Waals surface area contributed by atoms with Gasteiger partial charge >= 0.3 is 0 Å². The van der Waals surface area contributed by atoms with Gasteiger partial charge in [0, 0.05) is 18.7 Å². The number of nitrogens with zero attached hydrogens (tertiary/aromatic N) is 1. The molecule has 0 spiro atoms. The highest BCUT2D eigenvalue weighted by atomic mass is 19.1. The van der Waals surface area contributed by atoms with Crippen LogP contribution < -0.4 is 5.32 Å². The van der Waals surface area contributed by atoms with Crippen LogP contribution in [0.2, 0.25) is 0 Å². The molecule has 1 N–H and O–H groups in total. The summed E-state index contributed by atoms with van der Waals surface area (Å²) in [5.41, 5.74) is 0.420. The zero-order valence-electron chi connectivity index (χ0n) is 8.78. The van der Waals surface area contributed by atoms with Gasteiger partial charge in [0.1, 0.15) is 5.82 Å². The fourth-order valence-electron chi connectivity index (χ4n) is 2.07. The van der Waals surface area contributed by atoms with E-state index in [9.17, 15) is 14.5 Å². The highest BCUT2D eigenvalue weighted by Gasteiger charge is 2.21. The summed E-state index contributed by atoms with van der Waals surface area (Å²) in [6, 6.07) is 3.74. The monoisotopic (exact) mass is 224 g/mol. The quantitative estimate of drug-likeness (QED) is 0.619. The van der Waals surface area contributed by atoms with E-state index in [1.807, 2.05) is 0 Å². The van der Waals surface area contributed by atoms with E-state index in [1.54, 1.807) is 0 Å². The van der Waals surface area contributed by atoms with Crippen LogP contribution in [0.4, 0.5) is 10.1 Å². The molecule has 4 nitrogen and oxygen atoms in total. The van der Waals surface area contributed by atoms with Crippen LogP contribution in [0.5, 0.6) is 0 Å². The molecule has 1 saturated heterocycles. The molecule has 1 aliphatic rings. The lowest BCUT2D eigenvalue weighted by Gasteiger charge is -2.23. The van der Waals surface area contributed by atoms with Crippen molar-refractivity contribution in [2.24, 2.45) is 0 Å². The minimum atomic E-state index is -0.487. The van der Waals surface area contributed by atoms with Crippen molar-refractivity contribution >= 4 is 5.69 Å². The van der Waals surface area contributed by atoms with Crippen molar-refractivity contribution in [3.63, 3.8) is 0 Å². The molecular weight excluding hydrogens is 211 g/mol. The molecule has 0 aromatic heterocycles. The third-order valence-corrected chi connectivity index (χ3v) is 2.93. The first-order chi connectivity index (χ1) is 7.68. The Balaban J connectivity index is 2.30. The summed E-state index contributed by atoms with van der Waals surface area (Å²) in [6.45, 7) is 1.63. The highest BCUT2D eigenvalue weighted by Crippen LogP contribution is 2.28. The number of benzene rings is 1. The second-order valence-electron chi connectivity index (χ2n) is 4.01. The van der Waals surface area contributed by atoms with Crippen LogP contribution in [0.15, 0.2) is 18.2 Å². The highest BCUT2D eigenvalue weighted by molar-refractivity contribution is 5.37. The molecule has 2 rings (SSSR count). The average molecular weight is 224 g/mol. The molecule has 5 heteroatoms. The molecule has 1 atom stereocenters. The van der Waals surface area contributed by atoms with Gasteiger partial charge in [-0.3, -0.25) is 10.1 Å². The third-order valence-electron chi connectivity index (χ3n) is 2.93. The molecule has 1 aromatic carbocycles. The smallest absolute Gasteiger partial charge is 0.269 e. The number of hydrogen-bond donors (Lipinski definition) is 1. The molecule has 1 unspecified atom stereocenters. The van der Waals surface area contributed by atoms with Gasteiger partial charge in [-0.25, -0.2) is 4.39 Å². The molecule has 1 aromatic rings. The van der Waals surface area contributed by atoms with Crippen molar-refractivity contribution in [3.05, 3.63) is 39.7 Å². The van der Waals surface area contributed by atoms with Gasteiger partial charge in [-0.15, -0.1) is 0 Å². The first-order valence-electron chi connectivity index (χ1n) is 5.33. The predicted molar refractivity (Wildman–Crippen MR) is 57.9 cm³/mol. The maximum atomic E-state index is 13.6. The topological polar surface area (TPSA) is 55.2 Å². The number of nitro benzene ring substituents is 1. The molecule has 0 saturated carbocycles. The second kappa shape index (κ2) is 4.57. The van der Waals surface area contributed by atoms with Gasteiger partial charge in [0.25, 0.3) is 5.69 Å². The van der Waals surface area contributed by atoms with Gasteiger partial charge in [-0.05, 0) is 36.9 Å². The number of nitrogens with one attached hydrogen (secondary N) is 1. The molecule has 0 amide bonds. The summed E-state index contributed by atoms with van der Waals surface area (Å²) in [6.07, 6.45) is 1.86. The molecule has 0 radical (unpaired) electrons. The fourth-order valence-corrected chi connectivity index (χ4v) is 2.07. The van der Waals surface area contributed by atoms with Crippen LogP contribution in [-0.4, -0.2) is 18.0 Å². The van der Waals surface area contributed by atoms with Gasteiger partial charge in [0.05, 0.1) is 4.92 Å². The van der Waals surface area contributed by atoms with Gasteiger partial charge in [-0.1, -0.05) is 0 Å². The van der Waals surface area contributed by atoms with Gasteiger partial charge < -0.3 is 5.32 Å². The van der Waals surface area contributed by atoms with Crippen molar-refractivity contribution in [1.82, 2.24) is 5.32 Å². The maximum absolute atomic E-state index is 13.6. The Labute approximate surface area is 92.6 Å². The summed E-state index contributed by atoms with van der Waals surface area (Å²) >= 11 is 0. The van der Waals surface area contributed by atoms with Crippen LogP contribution in [0.3, 0.4) is 0 Å². The number of halogens is 1. The molecule has 1 heterocycles. The van der Waals surface area contributed by atoms with E-state index in [1.165, 1.54) is 18.2 Å². The average Bonchev–Trinajstić information content (AvgIpc) is 2.30. The van der Waals surface area contributed by atoms with Gasteiger partial charge in [0.2, 0.25) is 0 Å². The Morgan fingerprint density at radius 3 is 2.94 bits per heavy atom. The Morgan fingerprint density at radius 1 is 1.50 bits per heavy atom. The summed E-state index contributed by atoms with van der Waals surface area (Å²) in [5.74, 6) is -0.298. The van der Waals surface area contributed by atoms with Crippen molar-refractivity contribution in [1.29, 1.82) is 0 Å². The maximum Gasteiger partial charge on any atom is 0.269 e. The Morgan fingerprint density at radius 2 is 2.31 bits per heavy atom. The minimum Gasteiger partial charge on any atom is -0.316 e. The molecule has 0 bridgehead atoms. The fraction of sp³-hybridized carbons (Fsp3) is 0.455. The van der Waals surface area contributed by atoms with Crippen LogP contribution in [0.1, 0.15) is 24.3 Å². The Kier molecular flexibility index (Phi) is 3.14. The van der Waals surface area contributed by atoms with E-state index in [0.29, 0.717) is 12.1 Å². The van der Waals surface area contributed by atoms with Crippen LogP contribution in [0, 0.1) is 15.9 Å². The minimum absolute atomic E-state index is 0.0398. The van der Waals surface area contributed by atoms with Crippen molar-refractivity contribution < 1.29 is 9.31 Å². The first-order valence-corrected chi connectivity index (χ1v) is 5.33. The normalized spacial score (nSPS) is 20.7. The van der Waals surface area contributed by atoms with Crippen LogP contribution in [0.25, 0.3) is 0 Å². The van der Waals surface area contributed by atoms with Gasteiger partial charge in [-0.2, -0.15) is 0 Å². The van der Waals surface area contributed by atoms with E-state index >= 15 is 0 Å². The van der Waals surface area contributed by atoms with Gasteiger partial charge in [0.15, 0.2) is 0 Å². The Hall–Kier alpha value is -1.49. The molecular formula is C11H13FN2O2.